The number of rotatable bonds is 4. The maximum Gasteiger partial charge on any atom is 0.119 e. The number of nitrogens with zero attached hydrogens (tertiary/aromatic N) is 1. The second-order valence-electron chi connectivity index (χ2n) is 4.72. The van der Waals surface area contributed by atoms with Gasteiger partial charge in [-0.1, -0.05) is 44.2 Å². The van der Waals surface area contributed by atoms with Crippen molar-refractivity contribution in [2.24, 2.45) is 10.9 Å². The highest BCUT2D eigenvalue weighted by Gasteiger charge is 2.08. The Kier molecular flexibility index (Phi) is 4.35. The number of methoxy groups -OCH3 is 1. The average molecular weight is 253 g/mol. The fourth-order valence-electron chi connectivity index (χ4n) is 1.93. The molecule has 0 spiro atoms. The van der Waals surface area contributed by atoms with E-state index in [2.05, 4.69) is 26.0 Å². The van der Waals surface area contributed by atoms with Gasteiger partial charge in [-0.05, 0) is 35.7 Å². The van der Waals surface area contributed by atoms with Crippen LogP contribution in [0.4, 0.5) is 5.69 Å². The van der Waals surface area contributed by atoms with Gasteiger partial charge in [-0.25, -0.2) is 0 Å². The Labute approximate surface area is 114 Å². The monoisotopic (exact) mass is 253 g/mol. The van der Waals surface area contributed by atoms with Gasteiger partial charge in [-0.3, -0.25) is 4.99 Å². The van der Waals surface area contributed by atoms with Crippen LogP contribution in [-0.4, -0.2) is 12.8 Å². The molecule has 2 aromatic rings. The Morgan fingerprint density at radius 1 is 0.947 bits per heavy atom. The van der Waals surface area contributed by atoms with Gasteiger partial charge in [0.05, 0.1) is 18.5 Å². The molecule has 0 unspecified atom stereocenters. The molecular formula is C17H19NO. The zero-order valence-electron chi connectivity index (χ0n) is 11.6. The number of aliphatic imine (C=N–C) groups is 1. The molecule has 98 valence electrons. The molecule has 0 aliphatic heterocycles. The number of hydrogen-bond donors (Lipinski definition) is 0. The van der Waals surface area contributed by atoms with Gasteiger partial charge in [-0.15, -0.1) is 0 Å². The van der Waals surface area contributed by atoms with E-state index in [-0.39, 0.29) is 0 Å². The summed E-state index contributed by atoms with van der Waals surface area (Å²) in [7, 11) is 1.67. The predicted octanol–water partition coefficient (Wildman–Crippen LogP) is 4.47. The standard InChI is InChI=1S/C17H19NO/c1-13(2)17(14-7-5-4-6-8-14)18-15-9-11-16(19-3)12-10-15/h4-13H,1-3H3. The third-order valence-electron chi connectivity index (χ3n) is 2.94. The molecule has 0 bridgehead atoms. The van der Waals surface area contributed by atoms with E-state index in [4.69, 9.17) is 9.73 Å². The van der Waals surface area contributed by atoms with Crippen LogP contribution in [0.25, 0.3) is 0 Å². The van der Waals surface area contributed by atoms with Crippen molar-refractivity contribution >= 4 is 11.4 Å². The minimum atomic E-state index is 0.379. The predicted molar refractivity (Wildman–Crippen MR) is 80.5 cm³/mol. The Bertz CT molecular complexity index is 541. The highest BCUT2D eigenvalue weighted by atomic mass is 16.5. The van der Waals surface area contributed by atoms with Crippen molar-refractivity contribution in [2.45, 2.75) is 13.8 Å². The Hall–Kier alpha value is -2.09. The summed E-state index contributed by atoms with van der Waals surface area (Å²) < 4.78 is 5.16. The molecule has 0 aliphatic carbocycles. The summed E-state index contributed by atoms with van der Waals surface area (Å²) in [5, 5.41) is 0. The van der Waals surface area contributed by atoms with Crippen LogP contribution in [0.2, 0.25) is 0 Å². The van der Waals surface area contributed by atoms with Crippen molar-refractivity contribution < 1.29 is 4.74 Å². The topological polar surface area (TPSA) is 21.6 Å². The third kappa shape index (κ3) is 3.44. The van der Waals surface area contributed by atoms with Gasteiger partial charge in [0.1, 0.15) is 5.75 Å². The van der Waals surface area contributed by atoms with Crippen molar-refractivity contribution in [1.82, 2.24) is 0 Å². The Balaban J connectivity index is 2.35. The van der Waals surface area contributed by atoms with Crippen LogP contribution in [0.15, 0.2) is 59.6 Å². The fourth-order valence-corrected chi connectivity index (χ4v) is 1.93. The first-order valence-corrected chi connectivity index (χ1v) is 6.49. The van der Waals surface area contributed by atoms with Crippen LogP contribution in [0, 0.1) is 5.92 Å². The van der Waals surface area contributed by atoms with E-state index < -0.39 is 0 Å². The van der Waals surface area contributed by atoms with E-state index in [0.717, 1.165) is 17.1 Å². The second kappa shape index (κ2) is 6.19. The van der Waals surface area contributed by atoms with Crippen LogP contribution in [0.3, 0.4) is 0 Å². The van der Waals surface area contributed by atoms with Crippen molar-refractivity contribution in [2.75, 3.05) is 7.11 Å². The molecule has 0 fully saturated rings. The van der Waals surface area contributed by atoms with E-state index >= 15 is 0 Å². The summed E-state index contributed by atoms with van der Waals surface area (Å²) >= 11 is 0. The van der Waals surface area contributed by atoms with E-state index in [9.17, 15) is 0 Å². The van der Waals surface area contributed by atoms with Gasteiger partial charge in [0.2, 0.25) is 0 Å². The molecule has 0 amide bonds. The van der Waals surface area contributed by atoms with Gasteiger partial charge in [0, 0.05) is 0 Å². The number of benzene rings is 2. The highest BCUT2D eigenvalue weighted by molar-refractivity contribution is 6.03. The molecule has 0 saturated heterocycles. The molecule has 2 nitrogen and oxygen atoms in total. The molecule has 0 heterocycles. The van der Waals surface area contributed by atoms with Crippen LogP contribution in [0.1, 0.15) is 19.4 Å². The molecule has 0 saturated carbocycles. The lowest BCUT2D eigenvalue weighted by atomic mass is 10.00. The average Bonchev–Trinajstić information content (AvgIpc) is 2.46. The summed E-state index contributed by atoms with van der Waals surface area (Å²) in [6.07, 6.45) is 0. The summed E-state index contributed by atoms with van der Waals surface area (Å²) in [6.45, 7) is 4.32. The van der Waals surface area contributed by atoms with Crippen molar-refractivity contribution in [3.8, 4) is 5.75 Å². The molecule has 0 atom stereocenters. The maximum absolute atomic E-state index is 5.16. The highest BCUT2D eigenvalue weighted by Crippen LogP contribution is 2.21. The molecule has 2 heteroatoms. The number of hydrogen-bond acceptors (Lipinski definition) is 2. The lowest BCUT2D eigenvalue weighted by molar-refractivity contribution is 0.415. The largest absolute Gasteiger partial charge is 0.497 e. The smallest absolute Gasteiger partial charge is 0.119 e. The molecule has 0 radical (unpaired) electrons. The molecule has 0 aliphatic rings. The second-order valence-corrected chi connectivity index (χ2v) is 4.72. The summed E-state index contributed by atoms with van der Waals surface area (Å²) in [5.41, 5.74) is 3.23. The van der Waals surface area contributed by atoms with E-state index in [0.29, 0.717) is 5.92 Å². The SMILES string of the molecule is COc1ccc(N=C(c2ccccc2)C(C)C)cc1. The Morgan fingerprint density at radius 2 is 1.58 bits per heavy atom. The molecular weight excluding hydrogens is 234 g/mol. The van der Waals surface area contributed by atoms with E-state index in [1.807, 2.05) is 42.5 Å². The molecule has 19 heavy (non-hydrogen) atoms. The van der Waals surface area contributed by atoms with Gasteiger partial charge >= 0.3 is 0 Å². The summed E-state index contributed by atoms with van der Waals surface area (Å²) in [6, 6.07) is 18.1. The molecule has 0 N–H and O–H groups in total. The van der Waals surface area contributed by atoms with Gasteiger partial charge in [0.25, 0.3) is 0 Å². The first-order valence-electron chi connectivity index (χ1n) is 6.49. The molecule has 0 aromatic heterocycles. The lowest BCUT2D eigenvalue weighted by Crippen LogP contribution is -2.08. The minimum Gasteiger partial charge on any atom is -0.497 e. The molecule has 2 rings (SSSR count). The van der Waals surface area contributed by atoms with Crippen molar-refractivity contribution in [3.63, 3.8) is 0 Å². The van der Waals surface area contributed by atoms with E-state index in [1.54, 1.807) is 7.11 Å². The molecule has 2 aromatic carbocycles. The summed E-state index contributed by atoms with van der Waals surface area (Å²) in [4.78, 5) is 4.76. The maximum atomic E-state index is 5.16. The van der Waals surface area contributed by atoms with Gasteiger partial charge in [-0.2, -0.15) is 0 Å². The van der Waals surface area contributed by atoms with Gasteiger partial charge in [0.15, 0.2) is 0 Å². The minimum absolute atomic E-state index is 0.379. The lowest BCUT2D eigenvalue weighted by Gasteiger charge is -2.10. The first kappa shape index (κ1) is 13.3. The van der Waals surface area contributed by atoms with E-state index in [1.165, 1.54) is 5.56 Å². The van der Waals surface area contributed by atoms with Crippen LogP contribution in [-0.2, 0) is 0 Å². The Morgan fingerprint density at radius 3 is 2.11 bits per heavy atom. The fraction of sp³-hybridized carbons (Fsp3) is 0.235. The van der Waals surface area contributed by atoms with Crippen LogP contribution >= 0.6 is 0 Å². The zero-order chi connectivity index (χ0) is 13.7. The summed E-state index contributed by atoms with van der Waals surface area (Å²) in [5.74, 6) is 1.23. The zero-order valence-corrected chi connectivity index (χ0v) is 11.6. The third-order valence-corrected chi connectivity index (χ3v) is 2.94. The van der Waals surface area contributed by atoms with Gasteiger partial charge < -0.3 is 4.74 Å². The normalized spacial score (nSPS) is 11.7. The number of ether oxygens (including phenoxy) is 1. The van der Waals surface area contributed by atoms with Crippen LogP contribution in [0.5, 0.6) is 5.75 Å². The van der Waals surface area contributed by atoms with Crippen molar-refractivity contribution in [1.29, 1.82) is 0 Å². The quantitative estimate of drug-likeness (QED) is 0.736. The first-order chi connectivity index (χ1) is 9.20. The van der Waals surface area contributed by atoms with Crippen molar-refractivity contribution in [3.05, 3.63) is 60.2 Å². The van der Waals surface area contributed by atoms with Crippen LogP contribution < -0.4 is 4.74 Å².